The highest BCUT2D eigenvalue weighted by Crippen LogP contribution is 2.31. The Morgan fingerprint density at radius 3 is 2.55 bits per heavy atom. The first-order chi connectivity index (χ1) is 9.31. The largest absolute Gasteiger partial charge is 0.382 e. The molecule has 0 radical (unpaired) electrons. The minimum Gasteiger partial charge on any atom is -0.382 e. The molecule has 0 aliphatic heterocycles. The molecule has 0 heterocycles. The van der Waals surface area contributed by atoms with Gasteiger partial charge in [0.1, 0.15) is 0 Å². The van der Waals surface area contributed by atoms with E-state index in [1.807, 2.05) is 25.9 Å². The second-order valence-electron chi connectivity index (χ2n) is 4.97. The van der Waals surface area contributed by atoms with Crippen LogP contribution in [0.2, 0.25) is 0 Å². The van der Waals surface area contributed by atoms with Crippen molar-refractivity contribution < 1.29 is 13.7 Å². The molecule has 0 aromatic heterocycles. The van der Waals surface area contributed by atoms with Crippen LogP contribution in [0.1, 0.15) is 25.3 Å². The summed E-state index contributed by atoms with van der Waals surface area (Å²) >= 11 is 0. The number of nitrogens with zero attached hydrogens (tertiary/aromatic N) is 2. The number of anilines is 1. The van der Waals surface area contributed by atoms with Gasteiger partial charge >= 0.3 is 0 Å². The highest BCUT2D eigenvalue weighted by molar-refractivity contribution is 5.57. The Morgan fingerprint density at radius 1 is 1.40 bits per heavy atom. The zero-order chi connectivity index (χ0) is 15.3. The number of hydrogen-bond acceptors (Lipinski definition) is 4. The van der Waals surface area contributed by atoms with Gasteiger partial charge in [-0.3, -0.25) is 10.1 Å². The molecule has 0 saturated heterocycles. The van der Waals surface area contributed by atoms with Crippen molar-refractivity contribution in [2.24, 2.45) is 0 Å². The maximum absolute atomic E-state index is 13.0. The van der Waals surface area contributed by atoms with E-state index in [9.17, 15) is 18.9 Å². The lowest BCUT2D eigenvalue weighted by Gasteiger charge is -2.19. The van der Waals surface area contributed by atoms with Crippen LogP contribution in [0.25, 0.3) is 0 Å². The van der Waals surface area contributed by atoms with Crippen LogP contribution in [0.15, 0.2) is 18.2 Å². The molecular formula is C13H19F2N3O2. The lowest BCUT2D eigenvalue weighted by molar-refractivity contribution is -0.385. The molecule has 0 fully saturated rings. The summed E-state index contributed by atoms with van der Waals surface area (Å²) in [5.74, 6) is 0. The van der Waals surface area contributed by atoms with Crippen molar-refractivity contribution in [1.29, 1.82) is 0 Å². The van der Waals surface area contributed by atoms with Crippen LogP contribution in [-0.4, -0.2) is 36.5 Å². The van der Waals surface area contributed by atoms with Gasteiger partial charge in [-0.2, -0.15) is 0 Å². The van der Waals surface area contributed by atoms with Crippen LogP contribution in [-0.2, 0) is 0 Å². The quantitative estimate of drug-likeness (QED) is 0.617. The average molecular weight is 287 g/mol. The first kappa shape index (κ1) is 16.3. The molecule has 0 aliphatic rings. The lowest BCUT2D eigenvalue weighted by Crippen LogP contribution is -2.23. The average Bonchev–Trinajstić information content (AvgIpc) is 2.36. The molecule has 20 heavy (non-hydrogen) atoms. The summed E-state index contributed by atoms with van der Waals surface area (Å²) in [5.41, 5.74) is -0.417. The molecule has 0 aliphatic carbocycles. The third kappa shape index (κ3) is 4.73. The molecule has 5 nitrogen and oxygen atoms in total. The molecular weight excluding hydrogens is 268 g/mol. The molecule has 7 heteroatoms. The minimum absolute atomic E-state index is 0.00337. The summed E-state index contributed by atoms with van der Waals surface area (Å²) in [7, 11) is 3.87. The number of nitro groups is 1. The summed E-state index contributed by atoms with van der Waals surface area (Å²) < 4.78 is 25.9. The second kappa shape index (κ2) is 7.14. The van der Waals surface area contributed by atoms with Crippen molar-refractivity contribution in [3.05, 3.63) is 33.9 Å². The summed E-state index contributed by atoms with van der Waals surface area (Å²) in [6.07, 6.45) is -1.97. The topological polar surface area (TPSA) is 58.4 Å². The highest BCUT2D eigenvalue weighted by atomic mass is 19.3. The first-order valence-electron chi connectivity index (χ1n) is 6.29. The Bertz CT molecular complexity index is 467. The molecule has 0 bridgehead atoms. The van der Waals surface area contributed by atoms with E-state index < -0.39 is 11.3 Å². The lowest BCUT2D eigenvalue weighted by atomic mass is 10.1. The van der Waals surface area contributed by atoms with Gasteiger partial charge in [0, 0.05) is 29.4 Å². The second-order valence-corrected chi connectivity index (χ2v) is 4.97. The first-order valence-corrected chi connectivity index (χ1v) is 6.29. The normalized spacial score (nSPS) is 12.8. The van der Waals surface area contributed by atoms with Gasteiger partial charge in [0.2, 0.25) is 0 Å². The monoisotopic (exact) mass is 287 g/mol. The van der Waals surface area contributed by atoms with E-state index in [0.717, 1.165) is 19.0 Å². The number of nitro benzene ring substituents is 1. The van der Waals surface area contributed by atoms with Crippen molar-refractivity contribution in [2.45, 2.75) is 25.8 Å². The number of alkyl halides is 2. The molecule has 112 valence electrons. The standard InChI is InChI=1S/C13H19F2N3O2/c1-9(6-7-17(2)3)16-12-5-4-10(18(19)20)8-11(12)13(14)15/h4-5,8-9,13,16H,6-7H2,1-3H3. The SMILES string of the molecule is CC(CCN(C)C)Nc1ccc([N+](=O)[O-])cc1C(F)F. The van der Waals surface area contributed by atoms with Crippen LogP contribution < -0.4 is 5.32 Å². The smallest absolute Gasteiger partial charge is 0.270 e. The zero-order valence-corrected chi connectivity index (χ0v) is 11.8. The van der Waals surface area contributed by atoms with Gasteiger partial charge in [0.05, 0.1) is 4.92 Å². The fourth-order valence-corrected chi connectivity index (χ4v) is 1.77. The van der Waals surface area contributed by atoms with Crippen LogP contribution in [0.3, 0.4) is 0 Å². The number of hydrogen-bond donors (Lipinski definition) is 1. The Hall–Kier alpha value is -1.76. The van der Waals surface area contributed by atoms with Gasteiger partial charge in [0.15, 0.2) is 0 Å². The molecule has 1 atom stereocenters. The van der Waals surface area contributed by atoms with Crippen molar-refractivity contribution in [1.82, 2.24) is 4.90 Å². The Morgan fingerprint density at radius 2 is 2.05 bits per heavy atom. The van der Waals surface area contributed by atoms with E-state index in [-0.39, 0.29) is 23.0 Å². The van der Waals surface area contributed by atoms with Crippen molar-refractivity contribution in [3.63, 3.8) is 0 Å². The molecule has 0 saturated carbocycles. The predicted molar refractivity (Wildman–Crippen MR) is 74.3 cm³/mol. The number of benzene rings is 1. The molecule has 1 aromatic rings. The Balaban J connectivity index is 2.86. The summed E-state index contributed by atoms with van der Waals surface area (Å²) in [6, 6.07) is 3.49. The van der Waals surface area contributed by atoms with Gasteiger partial charge in [-0.15, -0.1) is 0 Å². The Kier molecular flexibility index (Phi) is 5.82. The number of rotatable bonds is 7. The van der Waals surface area contributed by atoms with Crippen molar-refractivity contribution in [2.75, 3.05) is 26.0 Å². The van der Waals surface area contributed by atoms with Crippen molar-refractivity contribution >= 4 is 11.4 Å². The van der Waals surface area contributed by atoms with Crippen LogP contribution in [0.5, 0.6) is 0 Å². The van der Waals surface area contributed by atoms with Gasteiger partial charge in [-0.1, -0.05) is 0 Å². The molecule has 0 spiro atoms. The predicted octanol–water partition coefficient (Wildman–Crippen LogP) is 3.28. The van der Waals surface area contributed by atoms with E-state index in [1.165, 1.54) is 12.1 Å². The van der Waals surface area contributed by atoms with E-state index in [1.54, 1.807) is 0 Å². The molecule has 1 aromatic carbocycles. The maximum atomic E-state index is 13.0. The van der Waals surface area contributed by atoms with Crippen molar-refractivity contribution in [3.8, 4) is 0 Å². The fraction of sp³-hybridized carbons (Fsp3) is 0.538. The fourth-order valence-electron chi connectivity index (χ4n) is 1.77. The van der Waals surface area contributed by atoms with Gasteiger partial charge in [0.25, 0.3) is 12.1 Å². The highest BCUT2D eigenvalue weighted by Gasteiger charge is 2.18. The number of nitrogens with one attached hydrogen (secondary N) is 1. The van der Waals surface area contributed by atoms with E-state index in [2.05, 4.69) is 5.32 Å². The molecule has 1 unspecified atom stereocenters. The number of halogens is 2. The van der Waals surface area contributed by atoms with E-state index in [0.29, 0.717) is 0 Å². The third-order valence-electron chi connectivity index (χ3n) is 2.89. The van der Waals surface area contributed by atoms with Crippen LogP contribution >= 0.6 is 0 Å². The van der Waals surface area contributed by atoms with Crippen LogP contribution in [0.4, 0.5) is 20.2 Å². The summed E-state index contributed by atoms with van der Waals surface area (Å²) in [4.78, 5) is 11.9. The van der Waals surface area contributed by atoms with Crippen LogP contribution in [0, 0.1) is 10.1 Å². The van der Waals surface area contributed by atoms with Gasteiger partial charge < -0.3 is 10.2 Å². The molecule has 1 rings (SSSR count). The van der Waals surface area contributed by atoms with Gasteiger partial charge in [-0.05, 0) is 40.1 Å². The Labute approximate surface area is 116 Å². The summed E-state index contributed by atoms with van der Waals surface area (Å²) in [6.45, 7) is 2.71. The van der Waals surface area contributed by atoms with E-state index in [4.69, 9.17) is 0 Å². The zero-order valence-electron chi connectivity index (χ0n) is 11.8. The minimum atomic E-state index is -2.75. The molecule has 1 N–H and O–H groups in total. The van der Waals surface area contributed by atoms with Gasteiger partial charge in [-0.25, -0.2) is 8.78 Å². The molecule has 0 amide bonds. The maximum Gasteiger partial charge on any atom is 0.270 e. The van der Waals surface area contributed by atoms with E-state index >= 15 is 0 Å². The number of non-ortho nitro benzene ring substituents is 1. The summed E-state index contributed by atoms with van der Waals surface area (Å²) in [5, 5.41) is 13.6. The third-order valence-corrected chi connectivity index (χ3v) is 2.89.